The van der Waals surface area contributed by atoms with Crippen LogP contribution in [-0.4, -0.2) is 41.8 Å². The zero-order chi connectivity index (χ0) is 17.1. The Balaban J connectivity index is 0. The zero-order valence-electron chi connectivity index (χ0n) is 13.5. The molecule has 0 saturated carbocycles. The molecule has 0 amide bonds. The van der Waals surface area contributed by atoms with Crippen molar-refractivity contribution >= 4 is 11.4 Å². The van der Waals surface area contributed by atoms with Gasteiger partial charge in [0.2, 0.25) is 0 Å². The van der Waals surface area contributed by atoms with Crippen LogP contribution >= 0.6 is 0 Å². The third kappa shape index (κ3) is 10.6. The molecule has 122 valence electrons. The van der Waals surface area contributed by atoms with Crippen molar-refractivity contribution in [3.63, 3.8) is 0 Å². The molecule has 0 aromatic carbocycles. The standard InChI is InChI=1S/C13H26N4O2.O.Tc/c1-9(11(3)16-18)14-7-13(5,6)8-15-10(2)12(4)17-19;;/h9-10,18-19H,7-8H2,1-6H3;;/q-2;;+3/p-1/b16-11+,17-12+;;/t9-,10-;;/m1../s1/i;;1+1. The van der Waals surface area contributed by atoms with E-state index in [-0.39, 0.29) is 17.5 Å². The Morgan fingerprint density at radius 1 is 1.14 bits per heavy atom. The van der Waals surface area contributed by atoms with Gasteiger partial charge in [0.1, 0.15) is 0 Å². The van der Waals surface area contributed by atoms with Crippen molar-refractivity contribution < 1.29 is 27.6 Å². The molecule has 0 aliphatic rings. The second-order valence-electron chi connectivity index (χ2n) is 5.67. The normalized spacial score (nSPS) is 15.9. The van der Waals surface area contributed by atoms with Gasteiger partial charge in [-0.1, -0.05) is 39.2 Å². The SMILES string of the molecule is C/C(=N\[O-])[C@@H](C)[N-]CC(C)(C)C[N-][C@H](C)/C(C)=N/O.[O]=[99Tc+3]. The van der Waals surface area contributed by atoms with Crippen molar-refractivity contribution in [2.45, 2.75) is 53.6 Å². The Morgan fingerprint density at radius 3 is 1.86 bits per heavy atom. The van der Waals surface area contributed by atoms with Crippen molar-refractivity contribution in [1.29, 1.82) is 0 Å². The first-order chi connectivity index (χ1) is 9.73. The molecule has 1 N–H and O–H groups in total. The fraction of sp³-hybridized carbons (Fsp3) is 0.846. The summed E-state index contributed by atoms with van der Waals surface area (Å²) in [6.07, 6.45) is 0. The maximum absolute atomic E-state index is 10.4. The molecule has 0 bridgehead atoms. The van der Waals surface area contributed by atoms with Crippen LogP contribution in [0.1, 0.15) is 41.5 Å². The van der Waals surface area contributed by atoms with E-state index in [1.807, 2.05) is 13.8 Å². The molecular weight excluding hydrogens is 359 g/mol. The van der Waals surface area contributed by atoms with E-state index in [0.717, 1.165) is 18.9 Å². The van der Waals surface area contributed by atoms with Gasteiger partial charge >= 0.3 is 22.4 Å². The number of rotatable bonds is 8. The fourth-order valence-corrected chi connectivity index (χ4v) is 1.24. The number of hydrogen-bond donors (Lipinski definition) is 1. The average molecular weight is 384 g/mol. The van der Waals surface area contributed by atoms with Crippen LogP contribution in [0.5, 0.6) is 0 Å². The molecule has 0 aromatic rings. The van der Waals surface area contributed by atoms with E-state index in [1.165, 1.54) is 0 Å². The van der Waals surface area contributed by atoms with Gasteiger partial charge in [0.05, 0.1) is 0 Å². The van der Waals surface area contributed by atoms with E-state index in [1.54, 1.807) is 13.8 Å². The summed E-state index contributed by atoms with van der Waals surface area (Å²) in [5, 5.41) is 34.0. The first-order valence-electron chi connectivity index (χ1n) is 6.57. The van der Waals surface area contributed by atoms with Crippen molar-refractivity contribution in [3.8, 4) is 0 Å². The summed E-state index contributed by atoms with van der Waals surface area (Å²) in [7, 11) is 0. The molecule has 0 aliphatic heterocycles. The van der Waals surface area contributed by atoms with E-state index in [9.17, 15) is 5.21 Å². The summed E-state index contributed by atoms with van der Waals surface area (Å²) in [6, 6.07) is -0.262. The van der Waals surface area contributed by atoms with Gasteiger partial charge in [-0.15, -0.1) is 24.3 Å². The van der Waals surface area contributed by atoms with Crippen molar-refractivity contribution in [2.75, 3.05) is 13.1 Å². The van der Waals surface area contributed by atoms with Gasteiger partial charge in [-0.05, 0) is 19.6 Å². The van der Waals surface area contributed by atoms with Gasteiger partial charge < -0.3 is 26.2 Å². The first-order valence-corrected chi connectivity index (χ1v) is 7.33. The van der Waals surface area contributed by atoms with Gasteiger partial charge in [-0.3, -0.25) is 0 Å². The minimum atomic E-state index is -0.157. The molecule has 0 saturated heterocycles. The van der Waals surface area contributed by atoms with Crippen LogP contribution in [0, 0.1) is 10.6 Å². The third-order valence-corrected chi connectivity index (χ3v) is 3.10. The Labute approximate surface area is 137 Å². The summed E-state index contributed by atoms with van der Waals surface area (Å²) in [4.78, 5) is 0. The average Bonchev–Trinajstić information content (AvgIpc) is 2.50. The predicted molar refractivity (Wildman–Crippen MR) is 81.2 cm³/mol. The van der Waals surface area contributed by atoms with Crippen molar-refractivity contribution in [2.24, 2.45) is 15.7 Å². The quantitative estimate of drug-likeness (QED) is 0.394. The molecule has 8 heteroatoms. The molecular formula is C13H25N4O3Tc. The first kappa shape index (κ1) is 22.6. The van der Waals surface area contributed by atoms with E-state index >= 15 is 0 Å². The number of oxime groups is 1. The van der Waals surface area contributed by atoms with Crippen LogP contribution in [0.2, 0.25) is 0 Å². The van der Waals surface area contributed by atoms with Crippen molar-refractivity contribution in [3.05, 3.63) is 15.8 Å². The summed E-state index contributed by atoms with van der Waals surface area (Å²) in [5.41, 5.74) is 0.987. The Hall–Kier alpha value is -0.691. The van der Waals surface area contributed by atoms with Crippen LogP contribution in [0.4, 0.5) is 0 Å². The Kier molecular flexibility index (Phi) is 12.8. The van der Waals surface area contributed by atoms with Crippen LogP contribution in [0.3, 0.4) is 0 Å². The van der Waals surface area contributed by atoms with Gasteiger partial charge in [0, 0.05) is 5.71 Å². The predicted octanol–water partition coefficient (Wildman–Crippen LogP) is 3.22. The molecule has 0 aliphatic carbocycles. The Morgan fingerprint density at radius 2 is 1.52 bits per heavy atom. The summed E-state index contributed by atoms with van der Waals surface area (Å²) >= 11 is 0.900. The molecule has 21 heavy (non-hydrogen) atoms. The van der Waals surface area contributed by atoms with Crippen LogP contribution in [0.15, 0.2) is 10.3 Å². The monoisotopic (exact) mass is 384 g/mol. The fourth-order valence-electron chi connectivity index (χ4n) is 1.24. The summed E-state index contributed by atoms with van der Waals surface area (Å²) in [5.74, 6) is 0. The van der Waals surface area contributed by atoms with Crippen LogP contribution < -0.4 is 0 Å². The van der Waals surface area contributed by atoms with Gasteiger partial charge in [0.25, 0.3) is 0 Å². The van der Waals surface area contributed by atoms with Gasteiger partial charge in [-0.25, -0.2) is 0 Å². The van der Waals surface area contributed by atoms with E-state index in [0.29, 0.717) is 24.5 Å². The van der Waals surface area contributed by atoms with Gasteiger partial charge in [-0.2, -0.15) is 0 Å². The van der Waals surface area contributed by atoms with Gasteiger partial charge in [0.15, 0.2) is 0 Å². The molecule has 0 fully saturated rings. The van der Waals surface area contributed by atoms with E-state index in [2.05, 4.69) is 34.8 Å². The molecule has 0 aromatic heterocycles. The molecule has 0 heterocycles. The topological polar surface area (TPSA) is 113 Å². The molecule has 0 unspecified atom stereocenters. The van der Waals surface area contributed by atoms with Crippen LogP contribution in [-0.2, 0) is 22.4 Å². The van der Waals surface area contributed by atoms with Crippen LogP contribution in [0.25, 0.3) is 10.6 Å². The molecule has 0 radical (unpaired) electrons. The number of hydrogen-bond acceptors (Lipinski definition) is 5. The zero-order valence-corrected chi connectivity index (χ0v) is 15.4. The second-order valence-corrected chi connectivity index (χ2v) is 5.67. The summed E-state index contributed by atoms with van der Waals surface area (Å²) < 4.78 is 8.22. The second kappa shape index (κ2) is 11.9. The number of nitrogens with zero attached hydrogens (tertiary/aromatic N) is 4. The van der Waals surface area contributed by atoms with Crippen molar-refractivity contribution in [1.82, 2.24) is 0 Å². The third-order valence-electron chi connectivity index (χ3n) is 3.10. The maximum atomic E-state index is 10.4. The molecule has 2 atom stereocenters. The minimum absolute atomic E-state index is 0.0958. The van der Waals surface area contributed by atoms with E-state index in [4.69, 9.17) is 8.71 Å². The van der Waals surface area contributed by atoms with E-state index < -0.39 is 0 Å². The molecule has 0 spiro atoms. The molecule has 0 rings (SSSR count). The Bertz CT molecular complexity index is 318. The molecule has 7 nitrogen and oxygen atoms in total. The summed E-state index contributed by atoms with van der Waals surface area (Å²) in [6.45, 7) is 12.5.